The molecule has 0 radical (unpaired) electrons. The highest BCUT2D eigenvalue weighted by atomic mass is 14.9. The predicted octanol–water partition coefficient (Wildman–Crippen LogP) is 3.59. The van der Waals surface area contributed by atoms with Crippen molar-refractivity contribution in [3.8, 4) is 0 Å². The molecular formula is C13H27N. The van der Waals surface area contributed by atoms with Crippen LogP contribution >= 0.6 is 0 Å². The van der Waals surface area contributed by atoms with Crippen LogP contribution in [0.4, 0.5) is 0 Å². The van der Waals surface area contributed by atoms with E-state index in [-0.39, 0.29) is 0 Å². The molecule has 0 heterocycles. The highest BCUT2D eigenvalue weighted by molar-refractivity contribution is 4.71. The third kappa shape index (κ3) is 4.45. The molecular weight excluding hydrogens is 170 g/mol. The van der Waals surface area contributed by atoms with Gasteiger partial charge in [0, 0.05) is 6.04 Å². The smallest absolute Gasteiger partial charge is 0.00618 e. The Bertz CT molecular complexity index is 134. The molecule has 0 amide bonds. The van der Waals surface area contributed by atoms with E-state index in [9.17, 15) is 0 Å². The number of hydrogen-bond acceptors (Lipinski definition) is 1. The Morgan fingerprint density at radius 3 is 2.07 bits per heavy atom. The summed E-state index contributed by atoms with van der Waals surface area (Å²) in [6.07, 6.45) is 8.77. The van der Waals surface area contributed by atoms with Gasteiger partial charge in [-0.15, -0.1) is 0 Å². The summed E-state index contributed by atoms with van der Waals surface area (Å²) in [7, 11) is 0. The number of rotatable bonds is 4. The second kappa shape index (κ2) is 6.44. The van der Waals surface area contributed by atoms with Crippen LogP contribution < -0.4 is 5.32 Å². The van der Waals surface area contributed by atoms with Crippen LogP contribution in [0.2, 0.25) is 0 Å². The molecule has 1 atom stereocenters. The first-order chi connectivity index (χ1) is 6.70. The minimum atomic E-state index is 0.679. The molecule has 0 aromatic rings. The van der Waals surface area contributed by atoms with Gasteiger partial charge in [0.25, 0.3) is 0 Å². The molecule has 1 unspecified atom stereocenters. The molecule has 1 aliphatic carbocycles. The normalized spacial score (nSPS) is 22.3. The Kier molecular flexibility index (Phi) is 5.54. The van der Waals surface area contributed by atoms with E-state index in [2.05, 4.69) is 26.1 Å². The summed E-state index contributed by atoms with van der Waals surface area (Å²) in [6.45, 7) is 8.15. The van der Waals surface area contributed by atoms with Gasteiger partial charge in [-0.25, -0.2) is 0 Å². The molecule has 1 heteroatoms. The summed E-state index contributed by atoms with van der Waals surface area (Å²) >= 11 is 0. The number of hydrogen-bond donors (Lipinski definition) is 1. The molecule has 14 heavy (non-hydrogen) atoms. The Balaban J connectivity index is 2.15. The van der Waals surface area contributed by atoms with Crippen molar-refractivity contribution in [3.05, 3.63) is 0 Å². The van der Waals surface area contributed by atoms with Crippen molar-refractivity contribution in [1.82, 2.24) is 5.32 Å². The number of nitrogens with one attached hydrogen (secondary N) is 1. The molecule has 0 saturated heterocycles. The van der Waals surface area contributed by atoms with Gasteiger partial charge < -0.3 is 5.32 Å². The highest BCUT2D eigenvalue weighted by Crippen LogP contribution is 2.22. The average molecular weight is 197 g/mol. The van der Waals surface area contributed by atoms with E-state index in [0.717, 1.165) is 11.8 Å². The van der Waals surface area contributed by atoms with Gasteiger partial charge in [-0.3, -0.25) is 0 Å². The zero-order chi connectivity index (χ0) is 10.4. The van der Waals surface area contributed by atoms with Gasteiger partial charge in [-0.1, -0.05) is 39.5 Å². The average Bonchev–Trinajstić information content (AvgIpc) is 2.42. The standard InChI is InChI=1S/C13H27N/c1-11(2)12(3)14-10-13-8-6-4-5-7-9-13/h11-14H,4-10H2,1-3H3. The Hall–Kier alpha value is -0.0400. The van der Waals surface area contributed by atoms with Crippen LogP contribution in [0.25, 0.3) is 0 Å². The predicted molar refractivity (Wildman–Crippen MR) is 63.5 cm³/mol. The Morgan fingerprint density at radius 2 is 1.57 bits per heavy atom. The first-order valence-electron chi connectivity index (χ1n) is 6.43. The van der Waals surface area contributed by atoms with Crippen LogP contribution in [-0.2, 0) is 0 Å². The van der Waals surface area contributed by atoms with Crippen molar-refractivity contribution in [2.24, 2.45) is 11.8 Å². The van der Waals surface area contributed by atoms with E-state index in [1.165, 1.54) is 45.1 Å². The minimum Gasteiger partial charge on any atom is -0.314 e. The monoisotopic (exact) mass is 197 g/mol. The van der Waals surface area contributed by atoms with Gasteiger partial charge >= 0.3 is 0 Å². The fraction of sp³-hybridized carbons (Fsp3) is 1.00. The molecule has 1 saturated carbocycles. The minimum absolute atomic E-state index is 0.679. The zero-order valence-electron chi connectivity index (χ0n) is 10.2. The molecule has 1 nitrogen and oxygen atoms in total. The molecule has 1 aliphatic rings. The fourth-order valence-electron chi connectivity index (χ4n) is 2.16. The van der Waals surface area contributed by atoms with Crippen LogP contribution in [0.3, 0.4) is 0 Å². The molecule has 0 spiro atoms. The third-order valence-corrected chi connectivity index (χ3v) is 3.70. The summed E-state index contributed by atoms with van der Waals surface area (Å²) in [6, 6.07) is 0.679. The molecule has 1 rings (SSSR count). The summed E-state index contributed by atoms with van der Waals surface area (Å²) in [5, 5.41) is 3.68. The zero-order valence-corrected chi connectivity index (χ0v) is 10.2. The maximum atomic E-state index is 3.68. The lowest BCUT2D eigenvalue weighted by molar-refractivity contribution is 0.359. The van der Waals surface area contributed by atoms with Crippen LogP contribution in [0.1, 0.15) is 59.3 Å². The highest BCUT2D eigenvalue weighted by Gasteiger charge is 2.13. The van der Waals surface area contributed by atoms with Gasteiger partial charge in [0.15, 0.2) is 0 Å². The first-order valence-corrected chi connectivity index (χ1v) is 6.43. The van der Waals surface area contributed by atoms with Gasteiger partial charge in [-0.2, -0.15) is 0 Å². The van der Waals surface area contributed by atoms with Crippen molar-refractivity contribution in [1.29, 1.82) is 0 Å². The third-order valence-electron chi connectivity index (χ3n) is 3.70. The largest absolute Gasteiger partial charge is 0.314 e. The summed E-state index contributed by atoms with van der Waals surface area (Å²) < 4.78 is 0. The van der Waals surface area contributed by atoms with Crippen molar-refractivity contribution in [2.45, 2.75) is 65.3 Å². The molecule has 1 N–H and O–H groups in total. The summed E-state index contributed by atoms with van der Waals surface area (Å²) in [4.78, 5) is 0. The van der Waals surface area contributed by atoms with Gasteiger partial charge in [0.05, 0.1) is 0 Å². The van der Waals surface area contributed by atoms with Crippen molar-refractivity contribution >= 4 is 0 Å². The topological polar surface area (TPSA) is 12.0 Å². The van der Waals surface area contributed by atoms with E-state index < -0.39 is 0 Å². The lowest BCUT2D eigenvalue weighted by Gasteiger charge is -2.21. The van der Waals surface area contributed by atoms with E-state index in [4.69, 9.17) is 0 Å². The molecule has 0 aromatic heterocycles. The second-order valence-corrected chi connectivity index (χ2v) is 5.30. The molecule has 1 fully saturated rings. The quantitative estimate of drug-likeness (QED) is 0.679. The van der Waals surface area contributed by atoms with Crippen LogP contribution in [-0.4, -0.2) is 12.6 Å². The van der Waals surface area contributed by atoms with Crippen LogP contribution in [0.5, 0.6) is 0 Å². The van der Waals surface area contributed by atoms with Crippen LogP contribution in [0.15, 0.2) is 0 Å². The molecule has 84 valence electrons. The Morgan fingerprint density at radius 1 is 1.00 bits per heavy atom. The lowest BCUT2D eigenvalue weighted by Crippen LogP contribution is -2.34. The summed E-state index contributed by atoms with van der Waals surface area (Å²) in [5.74, 6) is 1.72. The van der Waals surface area contributed by atoms with Crippen molar-refractivity contribution < 1.29 is 0 Å². The van der Waals surface area contributed by atoms with E-state index in [1.807, 2.05) is 0 Å². The summed E-state index contributed by atoms with van der Waals surface area (Å²) in [5.41, 5.74) is 0. The van der Waals surface area contributed by atoms with Crippen molar-refractivity contribution in [2.75, 3.05) is 6.54 Å². The van der Waals surface area contributed by atoms with Crippen molar-refractivity contribution in [3.63, 3.8) is 0 Å². The molecule has 0 aromatic carbocycles. The maximum absolute atomic E-state index is 3.68. The Labute approximate surface area is 89.7 Å². The van der Waals surface area contributed by atoms with Gasteiger partial charge in [-0.05, 0) is 38.1 Å². The molecule has 0 aliphatic heterocycles. The van der Waals surface area contributed by atoms with Gasteiger partial charge in [0.1, 0.15) is 0 Å². The van der Waals surface area contributed by atoms with Crippen LogP contribution in [0, 0.1) is 11.8 Å². The second-order valence-electron chi connectivity index (χ2n) is 5.30. The SMILES string of the molecule is CC(C)C(C)NCC1CCCCCC1. The first kappa shape index (κ1) is 12.0. The maximum Gasteiger partial charge on any atom is 0.00618 e. The fourth-order valence-corrected chi connectivity index (χ4v) is 2.16. The van der Waals surface area contributed by atoms with E-state index in [1.54, 1.807) is 0 Å². The lowest BCUT2D eigenvalue weighted by atomic mass is 9.99. The molecule has 0 bridgehead atoms. The van der Waals surface area contributed by atoms with E-state index in [0.29, 0.717) is 6.04 Å². The van der Waals surface area contributed by atoms with Gasteiger partial charge in [0.2, 0.25) is 0 Å². The van der Waals surface area contributed by atoms with E-state index >= 15 is 0 Å².